The van der Waals surface area contributed by atoms with Crippen LogP contribution < -0.4 is 0 Å². The summed E-state index contributed by atoms with van der Waals surface area (Å²) >= 11 is 6.47. The minimum atomic E-state index is -0.190. The van der Waals surface area contributed by atoms with E-state index in [1.54, 1.807) is 5.01 Å². The zero-order valence-corrected chi connectivity index (χ0v) is 20.8. The molecule has 1 saturated heterocycles. The predicted molar refractivity (Wildman–Crippen MR) is 134 cm³/mol. The van der Waals surface area contributed by atoms with E-state index in [9.17, 15) is 9.59 Å². The number of amides is 1. The Bertz CT molecular complexity index is 1100. The molecule has 0 bridgehead atoms. The van der Waals surface area contributed by atoms with Crippen molar-refractivity contribution in [1.82, 2.24) is 9.91 Å². The molecule has 0 saturated carbocycles. The van der Waals surface area contributed by atoms with Gasteiger partial charge in [0.15, 0.2) is 0 Å². The summed E-state index contributed by atoms with van der Waals surface area (Å²) in [5.41, 5.74) is 5.04. The monoisotopic (exact) mass is 481 g/mol. The van der Waals surface area contributed by atoms with Crippen LogP contribution in [0.5, 0.6) is 0 Å². The molecule has 2 heterocycles. The van der Waals surface area contributed by atoms with E-state index in [2.05, 4.69) is 36.9 Å². The van der Waals surface area contributed by atoms with Crippen molar-refractivity contribution in [1.29, 1.82) is 0 Å². The van der Waals surface area contributed by atoms with Crippen molar-refractivity contribution < 1.29 is 14.3 Å². The molecule has 0 radical (unpaired) electrons. The van der Waals surface area contributed by atoms with Gasteiger partial charge in [0.05, 0.1) is 30.8 Å². The molecule has 7 heteroatoms. The van der Waals surface area contributed by atoms with Crippen molar-refractivity contribution in [3.63, 3.8) is 0 Å². The van der Waals surface area contributed by atoms with Gasteiger partial charge < -0.3 is 4.74 Å². The third kappa shape index (κ3) is 5.34. The molecule has 2 aliphatic rings. The van der Waals surface area contributed by atoms with Crippen LogP contribution in [-0.2, 0) is 14.3 Å². The molecule has 2 aromatic carbocycles. The molecule has 2 aliphatic heterocycles. The number of hydrogen-bond donors (Lipinski definition) is 0. The number of carbonyl (C=O) groups excluding carboxylic acids is 2. The zero-order chi connectivity index (χ0) is 24.2. The van der Waals surface area contributed by atoms with E-state index in [1.807, 2.05) is 31.2 Å². The number of ether oxygens (including phenoxy) is 1. The fourth-order valence-electron chi connectivity index (χ4n) is 4.87. The van der Waals surface area contributed by atoms with Crippen LogP contribution >= 0.6 is 11.6 Å². The van der Waals surface area contributed by atoms with E-state index in [0.717, 1.165) is 47.4 Å². The summed E-state index contributed by atoms with van der Waals surface area (Å²) in [4.78, 5) is 27.9. The fourth-order valence-corrected chi connectivity index (χ4v) is 5.12. The number of esters is 1. The first-order valence-corrected chi connectivity index (χ1v) is 12.4. The number of benzene rings is 2. The van der Waals surface area contributed by atoms with Gasteiger partial charge in [0.2, 0.25) is 0 Å². The zero-order valence-electron chi connectivity index (χ0n) is 20.1. The van der Waals surface area contributed by atoms with Gasteiger partial charge in [0.25, 0.3) is 5.91 Å². The van der Waals surface area contributed by atoms with E-state index >= 15 is 0 Å². The maximum Gasteiger partial charge on any atom is 0.310 e. The summed E-state index contributed by atoms with van der Waals surface area (Å²) in [6, 6.07) is 13.7. The summed E-state index contributed by atoms with van der Waals surface area (Å²) < 4.78 is 5.21. The van der Waals surface area contributed by atoms with Crippen molar-refractivity contribution in [2.24, 2.45) is 11.0 Å². The molecule has 0 aliphatic carbocycles. The number of aryl methyl sites for hydroxylation is 2. The van der Waals surface area contributed by atoms with Crippen LogP contribution in [0.2, 0.25) is 5.02 Å². The molecule has 1 amide bonds. The largest absolute Gasteiger partial charge is 0.466 e. The first-order chi connectivity index (χ1) is 16.4. The highest BCUT2D eigenvalue weighted by Crippen LogP contribution is 2.36. The van der Waals surface area contributed by atoms with Gasteiger partial charge in [0, 0.05) is 23.6 Å². The average molecular weight is 482 g/mol. The highest BCUT2D eigenvalue weighted by atomic mass is 35.5. The molecule has 6 nitrogen and oxygen atoms in total. The Balaban J connectivity index is 1.59. The minimum Gasteiger partial charge on any atom is -0.466 e. The fraction of sp³-hybridized carbons (Fsp3) is 0.444. The average Bonchev–Trinajstić information content (AvgIpc) is 3.26. The van der Waals surface area contributed by atoms with Crippen molar-refractivity contribution in [3.8, 4) is 0 Å². The van der Waals surface area contributed by atoms with Crippen molar-refractivity contribution in [3.05, 3.63) is 69.7 Å². The summed E-state index contributed by atoms with van der Waals surface area (Å²) in [6.45, 7) is 7.86. The normalized spacial score (nSPS) is 20.8. The van der Waals surface area contributed by atoms with Gasteiger partial charge in [0.1, 0.15) is 0 Å². The summed E-state index contributed by atoms with van der Waals surface area (Å²) in [5.74, 6) is -0.428. The van der Waals surface area contributed by atoms with Gasteiger partial charge in [-0.1, -0.05) is 53.6 Å². The second-order valence-electron chi connectivity index (χ2n) is 9.17. The Morgan fingerprint density at radius 3 is 2.74 bits per heavy atom. The van der Waals surface area contributed by atoms with Gasteiger partial charge in [-0.15, -0.1) is 0 Å². The Morgan fingerprint density at radius 1 is 1.18 bits per heavy atom. The predicted octanol–water partition coefficient (Wildman–Crippen LogP) is 4.91. The van der Waals surface area contributed by atoms with Gasteiger partial charge in [-0.25, -0.2) is 5.01 Å². The second kappa shape index (κ2) is 10.7. The molecular formula is C27H32ClN3O3. The Labute approximate surface area is 206 Å². The SMILES string of the molecule is CCOC(=O)[C@@H]1CCCN(CC(=O)N2N=C(c3ccccc3Cl)C[C@H]2c2cc(C)ccc2C)C1. The highest BCUT2D eigenvalue weighted by Gasteiger charge is 2.36. The van der Waals surface area contributed by atoms with Crippen LogP contribution in [0.15, 0.2) is 47.6 Å². The van der Waals surface area contributed by atoms with Gasteiger partial charge in [-0.2, -0.15) is 5.10 Å². The van der Waals surface area contributed by atoms with Crippen LogP contribution in [0.3, 0.4) is 0 Å². The number of carbonyl (C=O) groups is 2. The third-order valence-corrected chi connectivity index (χ3v) is 6.96. The van der Waals surface area contributed by atoms with E-state index < -0.39 is 0 Å². The quantitative estimate of drug-likeness (QED) is 0.550. The van der Waals surface area contributed by atoms with Gasteiger partial charge in [-0.05, 0) is 57.4 Å². The van der Waals surface area contributed by atoms with E-state index in [1.165, 1.54) is 0 Å². The molecule has 0 N–H and O–H groups in total. The first-order valence-electron chi connectivity index (χ1n) is 12.0. The van der Waals surface area contributed by atoms with Crippen molar-refractivity contribution >= 4 is 29.2 Å². The number of halogens is 1. The Morgan fingerprint density at radius 2 is 1.97 bits per heavy atom. The lowest BCUT2D eigenvalue weighted by molar-refractivity contribution is -0.150. The number of hydrazone groups is 1. The minimum absolute atomic E-state index is 0.0718. The van der Waals surface area contributed by atoms with Crippen LogP contribution in [0.25, 0.3) is 0 Å². The molecule has 2 atom stereocenters. The molecular weight excluding hydrogens is 450 g/mol. The third-order valence-electron chi connectivity index (χ3n) is 6.63. The van der Waals surface area contributed by atoms with E-state index in [4.69, 9.17) is 21.4 Å². The molecule has 0 spiro atoms. The molecule has 4 rings (SSSR count). The maximum absolute atomic E-state index is 13.6. The Hall–Kier alpha value is -2.70. The second-order valence-corrected chi connectivity index (χ2v) is 9.58. The first kappa shape index (κ1) is 24.4. The molecule has 0 unspecified atom stereocenters. The number of likely N-dealkylation sites (tertiary alicyclic amines) is 1. The molecule has 2 aromatic rings. The highest BCUT2D eigenvalue weighted by molar-refractivity contribution is 6.34. The van der Waals surface area contributed by atoms with Crippen LogP contribution in [0.4, 0.5) is 0 Å². The summed E-state index contributed by atoms with van der Waals surface area (Å²) in [5, 5.41) is 7.06. The van der Waals surface area contributed by atoms with Crippen LogP contribution in [0, 0.1) is 19.8 Å². The maximum atomic E-state index is 13.6. The van der Waals surface area contributed by atoms with Gasteiger partial charge in [-0.3, -0.25) is 14.5 Å². The lowest BCUT2D eigenvalue weighted by atomic mass is 9.94. The van der Waals surface area contributed by atoms with E-state index in [0.29, 0.717) is 24.6 Å². The summed E-state index contributed by atoms with van der Waals surface area (Å²) in [7, 11) is 0. The molecule has 1 fully saturated rings. The van der Waals surface area contributed by atoms with Gasteiger partial charge >= 0.3 is 5.97 Å². The molecule has 34 heavy (non-hydrogen) atoms. The number of nitrogens with zero attached hydrogens (tertiary/aromatic N) is 3. The van der Waals surface area contributed by atoms with Crippen molar-refractivity contribution in [2.45, 2.75) is 46.1 Å². The standard InChI is InChI=1S/C27H32ClN3O3/c1-4-34-27(33)20-8-7-13-30(16-20)17-26(32)31-25(22-14-18(2)11-12-19(22)3)15-24(29-31)21-9-5-6-10-23(21)28/h5-6,9-12,14,20,25H,4,7-8,13,15-17H2,1-3H3/t20-,25+/m1/s1. The lowest BCUT2D eigenvalue weighted by Crippen LogP contribution is -2.44. The summed E-state index contributed by atoms with van der Waals surface area (Å²) in [6.07, 6.45) is 2.27. The lowest BCUT2D eigenvalue weighted by Gasteiger charge is -2.32. The van der Waals surface area contributed by atoms with Crippen LogP contribution in [0.1, 0.15) is 54.5 Å². The molecule has 180 valence electrons. The number of rotatable bonds is 6. The molecule has 0 aromatic heterocycles. The topological polar surface area (TPSA) is 62.2 Å². The number of piperidine rings is 1. The number of hydrogen-bond acceptors (Lipinski definition) is 5. The Kier molecular flexibility index (Phi) is 7.69. The smallest absolute Gasteiger partial charge is 0.310 e. The van der Waals surface area contributed by atoms with Crippen molar-refractivity contribution in [2.75, 3.05) is 26.2 Å². The van der Waals surface area contributed by atoms with E-state index in [-0.39, 0.29) is 30.4 Å². The van der Waals surface area contributed by atoms with Crippen LogP contribution in [-0.4, -0.2) is 53.7 Å².